The Morgan fingerprint density at radius 1 is 1.14 bits per heavy atom. The highest BCUT2D eigenvalue weighted by Gasteiger charge is 2.22. The number of hydrogen-bond acceptors (Lipinski definition) is 8. The van der Waals surface area contributed by atoms with Gasteiger partial charge < -0.3 is 18.9 Å². The molecule has 0 saturated heterocycles. The summed E-state index contributed by atoms with van der Waals surface area (Å²) in [6, 6.07) is 8.76. The van der Waals surface area contributed by atoms with Crippen LogP contribution in [0.15, 0.2) is 44.7 Å². The number of methoxy groups -OCH3 is 2. The monoisotopic (exact) mass is 559 g/mol. The largest absolute Gasteiger partial charge is 0.493 e. The van der Waals surface area contributed by atoms with Crippen LogP contribution in [0.4, 0.5) is 0 Å². The molecular formula is C26H30BrN3O6. The minimum atomic E-state index is -0.869. The van der Waals surface area contributed by atoms with Gasteiger partial charge in [-0.15, -0.1) is 0 Å². The summed E-state index contributed by atoms with van der Waals surface area (Å²) in [5.41, 5.74) is 0.941. The summed E-state index contributed by atoms with van der Waals surface area (Å²) in [7, 11) is 2.96. The van der Waals surface area contributed by atoms with Crippen LogP contribution < -0.4 is 19.8 Å². The second-order valence-corrected chi connectivity index (χ2v) is 8.98. The van der Waals surface area contributed by atoms with E-state index in [0.29, 0.717) is 33.8 Å². The van der Waals surface area contributed by atoms with E-state index in [1.165, 1.54) is 25.1 Å². The summed E-state index contributed by atoms with van der Waals surface area (Å²) in [6.45, 7) is 7.58. The number of carbonyl (C=O) groups excluding carboxylic acids is 1. The molecule has 192 valence electrons. The Morgan fingerprint density at radius 3 is 2.39 bits per heavy atom. The van der Waals surface area contributed by atoms with Crippen LogP contribution in [0.25, 0.3) is 10.9 Å². The van der Waals surface area contributed by atoms with Gasteiger partial charge in [0.1, 0.15) is 5.82 Å². The molecule has 2 atom stereocenters. The lowest BCUT2D eigenvalue weighted by Crippen LogP contribution is -2.26. The van der Waals surface area contributed by atoms with Gasteiger partial charge in [0.25, 0.3) is 5.56 Å². The standard InChI is InChI=1S/C26H30BrN3O6/c1-7-15(3)24-29-20-10-9-18(27)13-19(20)25(31)30(24)28-14-17-11-21(33-5)23(22(12-17)34-6)36-16(4)26(32)35-8-2/h9-16H,7-8H2,1-6H3/t15-,16-/m1/s1. The average Bonchev–Trinajstić information content (AvgIpc) is 2.88. The fourth-order valence-corrected chi connectivity index (χ4v) is 3.84. The van der Waals surface area contributed by atoms with Crippen molar-refractivity contribution in [1.82, 2.24) is 9.66 Å². The molecule has 1 aromatic heterocycles. The van der Waals surface area contributed by atoms with Gasteiger partial charge in [0.15, 0.2) is 17.6 Å². The zero-order chi connectivity index (χ0) is 26.4. The van der Waals surface area contributed by atoms with Crippen LogP contribution in [0.2, 0.25) is 0 Å². The predicted molar refractivity (Wildman–Crippen MR) is 142 cm³/mol. The van der Waals surface area contributed by atoms with Crippen LogP contribution >= 0.6 is 15.9 Å². The zero-order valence-electron chi connectivity index (χ0n) is 21.2. The van der Waals surface area contributed by atoms with Gasteiger partial charge >= 0.3 is 5.97 Å². The molecule has 0 aliphatic rings. The number of nitrogens with zero attached hydrogens (tertiary/aromatic N) is 3. The Balaban J connectivity index is 2.07. The Kier molecular flexibility index (Phi) is 9.08. The number of aromatic nitrogens is 2. The molecule has 0 aliphatic heterocycles. The summed E-state index contributed by atoms with van der Waals surface area (Å²) >= 11 is 3.42. The zero-order valence-corrected chi connectivity index (χ0v) is 22.8. The van der Waals surface area contributed by atoms with Crippen molar-refractivity contribution in [2.45, 2.75) is 46.1 Å². The smallest absolute Gasteiger partial charge is 0.347 e. The molecule has 0 fully saturated rings. The molecule has 9 nitrogen and oxygen atoms in total. The van der Waals surface area contributed by atoms with Gasteiger partial charge in [-0.2, -0.15) is 9.78 Å². The van der Waals surface area contributed by atoms with Crippen molar-refractivity contribution in [3.8, 4) is 17.2 Å². The highest BCUT2D eigenvalue weighted by molar-refractivity contribution is 9.10. The Bertz CT molecular complexity index is 1310. The number of esters is 1. The predicted octanol–water partition coefficient (Wildman–Crippen LogP) is 4.90. The maximum absolute atomic E-state index is 13.4. The Hall–Kier alpha value is -3.40. The number of rotatable bonds is 10. The number of halogens is 1. The fraction of sp³-hybridized carbons (Fsp3) is 0.385. The molecule has 36 heavy (non-hydrogen) atoms. The van der Waals surface area contributed by atoms with Gasteiger partial charge in [-0.1, -0.05) is 29.8 Å². The molecule has 1 heterocycles. The quantitative estimate of drug-likeness (QED) is 0.257. The fourth-order valence-electron chi connectivity index (χ4n) is 3.48. The lowest BCUT2D eigenvalue weighted by molar-refractivity contribution is -0.150. The van der Waals surface area contributed by atoms with E-state index in [0.717, 1.165) is 10.9 Å². The highest BCUT2D eigenvalue weighted by Crippen LogP contribution is 2.39. The molecule has 2 aromatic carbocycles. The highest BCUT2D eigenvalue weighted by atomic mass is 79.9. The van der Waals surface area contributed by atoms with E-state index in [9.17, 15) is 9.59 Å². The summed E-state index contributed by atoms with van der Waals surface area (Å²) in [5, 5.41) is 4.95. The molecule has 0 bridgehead atoms. The van der Waals surface area contributed by atoms with Crippen molar-refractivity contribution in [1.29, 1.82) is 0 Å². The van der Waals surface area contributed by atoms with E-state index in [4.69, 9.17) is 23.9 Å². The van der Waals surface area contributed by atoms with E-state index < -0.39 is 12.1 Å². The van der Waals surface area contributed by atoms with E-state index in [1.54, 1.807) is 32.0 Å². The van der Waals surface area contributed by atoms with Gasteiger partial charge in [0, 0.05) is 16.0 Å². The molecule has 3 aromatic rings. The molecule has 0 saturated carbocycles. The number of carbonyl (C=O) groups is 1. The van der Waals surface area contributed by atoms with Gasteiger partial charge in [0.05, 0.1) is 37.9 Å². The number of benzene rings is 2. The molecule has 0 radical (unpaired) electrons. The van der Waals surface area contributed by atoms with E-state index >= 15 is 0 Å². The minimum absolute atomic E-state index is 0.00658. The first-order valence-electron chi connectivity index (χ1n) is 11.6. The number of ether oxygens (including phenoxy) is 4. The van der Waals surface area contributed by atoms with Crippen molar-refractivity contribution in [3.05, 3.63) is 56.5 Å². The van der Waals surface area contributed by atoms with Crippen molar-refractivity contribution >= 4 is 39.0 Å². The van der Waals surface area contributed by atoms with Gasteiger partial charge in [-0.3, -0.25) is 4.79 Å². The minimum Gasteiger partial charge on any atom is -0.493 e. The molecule has 0 aliphatic carbocycles. The molecular weight excluding hydrogens is 530 g/mol. The third kappa shape index (κ3) is 5.87. The number of hydrogen-bond donors (Lipinski definition) is 0. The first kappa shape index (κ1) is 27.2. The molecule has 0 amide bonds. The average molecular weight is 560 g/mol. The summed E-state index contributed by atoms with van der Waals surface area (Å²) < 4.78 is 23.9. The van der Waals surface area contributed by atoms with E-state index in [2.05, 4.69) is 21.0 Å². The van der Waals surface area contributed by atoms with Crippen LogP contribution in [0, 0.1) is 0 Å². The maximum atomic E-state index is 13.4. The van der Waals surface area contributed by atoms with Gasteiger partial charge in [-0.25, -0.2) is 9.78 Å². The van der Waals surface area contributed by atoms with Crippen molar-refractivity contribution in [3.63, 3.8) is 0 Å². The molecule has 10 heteroatoms. The van der Waals surface area contributed by atoms with E-state index in [1.807, 2.05) is 26.0 Å². The summed E-state index contributed by atoms with van der Waals surface area (Å²) in [5.74, 6) is 0.999. The second kappa shape index (κ2) is 12.0. The molecule has 0 N–H and O–H groups in total. The lowest BCUT2D eigenvalue weighted by atomic mass is 10.1. The lowest BCUT2D eigenvalue weighted by Gasteiger charge is -2.18. The number of fused-ring (bicyclic) bond motifs is 1. The van der Waals surface area contributed by atoms with Crippen LogP contribution in [-0.4, -0.2) is 48.8 Å². The van der Waals surface area contributed by atoms with Crippen LogP contribution in [0.5, 0.6) is 17.2 Å². The third-order valence-corrected chi connectivity index (χ3v) is 6.10. The second-order valence-electron chi connectivity index (χ2n) is 8.07. The molecule has 0 unspecified atom stereocenters. The molecule has 3 rings (SSSR count). The summed E-state index contributed by atoms with van der Waals surface area (Å²) in [6.07, 6.45) is 1.45. The Morgan fingerprint density at radius 2 is 1.81 bits per heavy atom. The van der Waals surface area contributed by atoms with Crippen LogP contribution in [0.3, 0.4) is 0 Å². The topological polar surface area (TPSA) is 101 Å². The first-order chi connectivity index (χ1) is 17.2. The molecule has 0 spiro atoms. The van der Waals surface area contributed by atoms with Gasteiger partial charge in [0.2, 0.25) is 5.75 Å². The SMILES string of the molecule is CCOC(=O)[C@@H](C)Oc1c(OC)cc(C=Nn2c([C@H](C)CC)nc3ccc(Br)cc3c2=O)cc1OC. The van der Waals surface area contributed by atoms with Crippen molar-refractivity contribution < 1.29 is 23.7 Å². The van der Waals surface area contributed by atoms with Crippen LogP contribution in [0.1, 0.15) is 51.4 Å². The Labute approximate surface area is 218 Å². The van der Waals surface area contributed by atoms with Crippen molar-refractivity contribution in [2.24, 2.45) is 5.10 Å². The normalized spacial score (nSPS) is 13.0. The maximum Gasteiger partial charge on any atom is 0.347 e. The third-order valence-electron chi connectivity index (χ3n) is 5.60. The summed E-state index contributed by atoms with van der Waals surface area (Å²) in [4.78, 5) is 30.1. The van der Waals surface area contributed by atoms with Crippen LogP contribution in [-0.2, 0) is 9.53 Å². The van der Waals surface area contributed by atoms with Gasteiger partial charge in [-0.05, 0) is 50.6 Å². The first-order valence-corrected chi connectivity index (χ1v) is 12.4. The van der Waals surface area contributed by atoms with Crippen molar-refractivity contribution in [2.75, 3.05) is 20.8 Å². The van der Waals surface area contributed by atoms with E-state index in [-0.39, 0.29) is 23.8 Å².